The van der Waals surface area contributed by atoms with E-state index in [1.807, 2.05) is 37.3 Å². The van der Waals surface area contributed by atoms with Crippen molar-refractivity contribution in [2.45, 2.75) is 20.0 Å². The Balaban J connectivity index is 2.18. The molecular weight excluding hydrogens is 278 g/mol. The van der Waals surface area contributed by atoms with Crippen molar-refractivity contribution in [1.29, 1.82) is 0 Å². The largest absolute Gasteiger partial charge is 0.497 e. The van der Waals surface area contributed by atoms with Crippen LogP contribution in [0.4, 0.5) is 0 Å². The van der Waals surface area contributed by atoms with E-state index in [0.29, 0.717) is 19.8 Å². The minimum absolute atomic E-state index is 0.614. The number of nitrogens with zero attached hydrogens (tertiary/aromatic N) is 1. The second kappa shape index (κ2) is 11.6. The molecule has 0 aliphatic heterocycles. The van der Waals surface area contributed by atoms with Crippen molar-refractivity contribution < 1.29 is 9.47 Å². The number of guanidine groups is 1. The summed E-state index contributed by atoms with van der Waals surface area (Å²) in [4.78, 5) is 4.47. The molecule has 0 spiro atoms. The molecule has 0 aromatic heterocycles. The van der Waals surface area contributed by atoms with E-state index in [2.05, 4.69) is 22.2 Å². The molecule has 1 aromatic carbocycles. The standard InChI is InChI=1S/C17H27N3O2/c1-4-11-19-17(18-5-2)20-12-6-13-22-14-15-7-9-16(21-3)10-8-15/h4,7-10H,1,5-6,11-14H2,2-3H3,(H2,18,19,20). The second-order valence-corrected chi connectivity index (χ2v) is 4.68. The molecule has 0 fully saturated rings. The van der Waals surface area contributed by atoms with Crippen LogP contribution >= 0.6 is 0 Å². The number of nitrogens with one attached hydrogen (secondary N) is 2. The van der Waals surface area contributed by atoms with Crippen LogP contribution in [0.2, 0.25) is 0 Å². The number of aliphatic imine (C=N–C) groups is 1. The first-order chi connectivity index (χ1) is 10.8. The summed E-state index contributed by atoms with van der Waals surface area (Å²) >= 11 is 0. The number of benzene rings is 1. The molecule has 0 unspecified atom stereocenters. The highest BCUT2D eigenvalue weighted by Gasteiger charge is 1.96. The quantitative estimate of drug-likeness (QED) is 0.301. The van der Waals surface area contributed by atoms with Gasteiger partial charge in [-0.3, -0.25) is 4.99 Å². The van der Waals surface area contributed by atoms with Crippen LogP contribution in [0.3, 0.4) is 0 Å². The number of rotatable bonds is 10. The molecule has 0 saturated carbocycles. The Bertz CT molecular complexity index is 444. The van der Waals surface area contributed by atoms with Crippen molar-refractivity contribution in [2.24, 2.45) is 4.99 Å². The van der Waals surface area contributed by atoms with E-state index in [1.54, 1.807) is 7.11 Å². The summed E-state index contributed by atoms with van der Waals surface area (Å²) in [6, 6.07) is 7.91. The van der Waals surface area contributed by atoms with E-state index >= 15 is 0 Å². The lowest BCUT2D eigenvalue weighted by molar-refractivity contribution is 0.120. The van der Waals surface area contributed by atoms with E-state index in [9.17, 15) is 0 Å². The Morgan fingerprint density at radius 2 is 2.05 bits per heavy atom. The maximum atomic E-state index is 5.65. The number of ether oxygens (including phenoxy) is 2. The van der Waals surface area contributed by atoms with Gasteiger partial charge >= 0.3 is 0 Å². The van der Waals surface area contributed by atoms with E-state index in [-0.39, 0.29) is 0 Å². The topological polar surface area (TPSA) is 54.9 Å². The third-order valence-corrected chi connectivity index (χ3v) is 2.90. The zero-order valence-electron chi connectivity index (χ0n) is 13.6. The smallest absolute Gasteiger partial charge is 0.191 e. The fourth-order valence-corrected chi connectivity index (χ4v) is 1.78. The summed E-state index contributed by atoms with van der Waals surface area (Å²) < 4.78 is 10.8. The van der Waals surface area contributed by atoms with Crippen molar-refractivity contribution in [1.82, 2.24) is 10.6 Å². The summed E-state index contributed by atoms with van der Waals surface area (Å²) in [6.45, 7) is 9.31. The van der Waals surface area contributed by atoms with Crippen molar-refractivity contribution in [2.75, 3.05) is 33.4 Å². The third kappa shape index (κ3) is 7.69. The second-order valence-electron chi connectivity index (χ2n) is 4.68. The fourth-order valence-electron chi connectivity index (χ4n) is 1.78. The molecule has 5 heteroatoms. The Morgan fingerprint density at radius 1 is 1.27 bits per heavy atom. The van der Waals surface area contributed by atoms with Crippen molar-refractivity contribution >= 4 is 5.96 Å². The number of hydrogen-bond acceptors (Lipinski definition) is 3. The molecule has 1 aromatic rings. The molecule has 5 nitrogen and oxygen atoms in total. The van der Waals surface area contributed by atoms with Crippen LogP contribution < -0.4 is 15.4 Å². The summed E-state index contributed by atoms with van der Waals surface area (Å²) in [5, 5.41) is 6.35. The highest BCUT2D eigenvalue weighted by atomic mass is 16.5. The molecule has 0 bridgehead atoms. The normalized spacial score (nSPS) is 11.1. The molecular formula is C17H27N3O2. The third-order valence-electron chi connectivity index (χ3n) is 2.90. The molecule has 0 saturated heterocycles. The van der Waals surface area contributed by atoms with Crippen molar-refractivity contribution in [3.8, 4) is 5.75 Å². The van der Waals surface area contributed by atoms with Gasteiger partial charge < -0.3 is 20.1 Å². The van der Waals surface area contributed by atoms with Gasteiger partial charge in [0.1, 0.15) is 5.75 Å². The van der Waals surface area contributed by atoms with Crippen LogP contribution in [-0.4, -0.2) is 39.3 Å². The highest BCUT2D eigenvalue weighted by molar-refractivity contribution is 5.79. The van der Waals surface area contributed by atoms with E-state index in [4.69, 9.17) is 9.47 Å². The summed E-state index contributed by atoms with van der Waals surface area (Å²) in [6.07, 6.45) is 2.70. The van der Waals surface area contributed by atoms with Crippen LogP contribution in [0.5, 0.6) is 5.75 Å². The maximum absolute atomic E-state index is 5.65. The fraction of sp³-hybridized carbons (Fsp3) is 0.471. The van der Waals surface area contributed by atoms with Gasteiger partial charge in [-0.15, -0.1) is 6.58 Å². The lowest BCUT2D eigenvalue weighted by Crippen LogP contribution is -2.37. The lowest BCUT2D eigenvalue weighted by atomic mass is 10.2. The van der Waals surface area contributed by atoms with E-state index in [1.165, 1.54) is 0 Å². The molecule has 0 heterocycles. The first-order valence-corrected chi connectivity index (χ1v) is 7.64. The van der Waals surface area contributed by atoms with Crippen LogP contribution in [-0.2, 0) is 11.3 Å². The van der Waals surface area contributed by atoms with Gasteiger partial charge in [-0.1, -0.05) is 18.2 Å². The monoisotopic (exact) mass is 305 g/mol. The number of hydrogen-bond donors (Lipinski definition) is 2. The SMILES string of the molecule is C=CCNC(=NCCCOCc1ccc(OC)cc1)NCC. The van der Waals surface area contributed by atoms with Gasteiger partial charge in [-0.25, -0.2) is 0 Å². The molecule has 1 rings (SSSR count). The molecule has 0 aliphatic carbocycles. The Labute approximate surface area is 133 Å². The van der Waals surface area contributed by atoms with Gasteiger partial charge in [0.25, 0.3) is 0 Å². The minimum atomic E-state index is 0.614. The van der Waals surface area contributed by atoms with Crippen LogP contribution in [0, 0.1) is 0 Å². The van der Waals surface area contributed by atoms with E-state index < -0.39 is 0 Å². The van der Waals surface area contributed by atoms with Crippen LogP contribution in [0.15, 0.2) is 41.9 Å². The summed E-state index contributed by atoms with van der Waals surface area (Å²) in [7, 11) is 1.66. The Morgan fingerprint density at radius 3 is 2.68 bits per heavy atom. The summed E-state index contributed by atoms with van der Waals surface area (Å²) in [5.74, 6) is 1.68. The van der Waals surface area contributed by atoms with Gasteiger partial charge in [0.05, 0.1) is 13.7 Å². The molecule has 2 N–H and O–H groups in total. The molecule has 0 atom stereocenters. The molecule has 0 aliphatic rings. The molecule has 122 valence electrons. The van der Waals surface area contributed by atoms with Gasteiger partial charge in [0.2, 0.25) is 0 Å². The van der Waals surface area contributed by atoms with Crippen molar-refractivity contribution in [3.05, 3.63) is 42.5 Å². The van der Waals surface area contributed by atoms with Gasteiger partial charge in [-0.2, -0.15) is 0 Å². The number of methoxy groups -OCH3 is 1. The summed E-state index contributed by atoms with van der Waals surface area (Å²) in [5.41, 5.74) is 1.14. The lowest BCUT2D eigenvalue weighted by Gasteiger charge is -2.09. The van der Waals surface area contributed by atoms with Gasteiger partial charge in [0, 0.05) is 26.2 Å². The zero-order chi connectivity index (χ0) is 16.0. The average molecular weight is 305 g/mol. The minimum Gasteiger partial charge on any atom is -0.497 e. The molecule has 0 radical (unpaired) electrons. The predicted molar refractivity (Wildman–Crippen MR) is 91.4 cm³/mol. The van der Waals surface area contributed by atoms with Crippen LogP contribution in [0.25, 0.3) is 0 Å². The van der Waals surface area contributed by atoms with Crippen molar-refractivity contribution in [3.63, 3.8) is 0 Å². The first-order valence-electron chi connectivity index (χ1n) is 7.64. The van der Waals surface area contributed by atoms with E-state index in [0.717, 1.165) is 36.8 Å². The maximum Gasteiger partial charge on any atom is 0.191 e. The first kappa shape index (κ1) is 18.0. The molecule has 0 amide bonds. The molecule has 22 heavy (non-hydrogen) atoms. The Hall–Kier alpha value is -2.01. The van der Waals surface area contributed by atoms with Gasteiger partial charge in [-0.05, 0) is 31.0 Å². The zero-order valence-corrected chi connectivity index (χ0v) is 13.6. The van der Waals surface area contributed by atoms with Crippen LogP contribution in [0.1, 0.15) is 18.9 Å². The average Bonchev–Trinajstić information content (AvgIpc) is 2.56. The van der Waals surface area contributed by atoms with Gasteiger partial charge in [0.15, 0.2) is 5.96 Å². The predicted octanol–water partition coefficient (Wildman–Crippen LogP) is 2.34. The highest BCUT2D eigenvalue weighted by Crippen LogP contribution is 2.11. The Kier molecular flexibility index (Phi) is 9.54.